The van der Waals surface area contributed by atoms with Crippen LogP contribution in [0.2, 0.25) is 0 Å². The molecule has 21 heavy (non-hydrogen) atoms. The Morgan fingerprint density at radius 3 is 3.05 bits per heavy atom. The fraction of sp³-hybridized carbons (Fsp3) is 0.750. The quantitative estimate of drug-likeness (QED) is 0.746. The average Bonchev–Trinajstić information content (AvgIpc) is 2.94. The molecule has 1 N–H and O–H groups in total. The van der Waals surface area contributed by atoms with Crippen molar-refractivity contribution in [2.45, 2.75) is 32.6 Å². The van der Waals surface area contributed by atoms with Gasteiger partial charge in [0.05, 0.1) is 0 Å². The van der Waals surface area contributed by atoms with Crippen LogP contribution in [0.1, 0.15) is 38.3 Å². The third kappa shape index (κ3) is 5.25. The lowest BCUT2D eigenvalue weighted by Crippen LogP contribution is -2.24. The van der Waals surface area contributed by atoms with Gasteiger partial charge in [-0.15, -0.1) is 0 Å². The molecular formula is C16H28N4O. The number of rotatable bonds is 8. The average molecular weight is 292 g/mol. The van der Waals surface area contributed by atoms with Gasteiger partial charge in [0.2, 0.25) is 0 Å². The van der Waals surface area contributed by atoms with Gasteiger partial charge < -0.3 is 15.0 Å². The van der Waals surface area contributed by atoms with Crippen molar-refractivity contribution >= 4 is 5.82 Å². The van der Waals surface area contributed by atoms with Gasteiger partial charge in [-0.2, -0.15) is 0 Å². The monoisotopic (exact) mass is 292 g/mol. The lowest BCUT2D eigenvalue weighted by Gasteiger charge is -2.16. The number of likely N-dealkylation sites (tertiary alicyclic amines) is 1. The molecule has 118 valence electrons. The van der Waals surface area contributed by atoms with E-state index in [0.29, 0.717) is 11.8 Å². The van der Waals surface area contributed by atoms with Crippen LogP contribution in [-0.2, 0) is 4.74 Å². The zero-order chi connectivity index (χ0) is 15.1. The molecule has 1 aromatic heterocycles. The second-order valence-electron chi connectivity index (χ2n) is 6.17. The van der Waals surface area contributed by atoms with Gasteiger partial charge >= 0.3 is 0 Å². The molecule has 0 spiro atoms. The molecule has 0 aliphatic carbocycles. The normalized spacial score (nSPS) is 19.3. The largest absolute Gasteiger partial charge is 0.385 e. The number of aromatic nitrogens is 2. The summed E-state index contributed by atoms with van der Waals surface area (Å²) >= 11 is 0. The first-order chi connectivity index (χ1) is 10.2. The Kier molecular flexibility index (Phi) is 6.39. The van der Waals surface area contributed by atoms with E-state index >= 15 is 0 Å². The van der Waals surface area contributed by atoms with E-state index in [0.717, 1.165) is 37.6 Å². The number of nitrogens with one attached hydrogen (secondary N) is 1. The Morgan fingerprint density at radius 2 is 2.29 bits per heavy atom. The number of methoxy groups -OCH3 is 1. The van der Waals surface area contributed by atoms with Crippen LogP contribution in [-0.4, -0.2) is 54.8 Å². The number of ether oxygens (including phenoxy) is 1. The molecule has 0 radical (unpaired) electrons. The second kappa shape index (κ2) is 8.29. The highest BCUT2D eigenvalue weighted by molar-refractivity contribution is 5.35. The summed E-state index contributed by atoms with van der Waals surface area (Å²) in [6.07, 6.45) is 4.05. The van der Waals surface area contributed by atoms with Gasteiger partial charge in [-0.3, -0.25) is 0 Å². The molecule has 1 aliphatic heterocycles. The first-order valence-corrected chi connectivity index (χ1v) is 7.96. The molecule has 5 heteroatoms. The minimum Gasteiger partial charge on any atom is -0.385 e. The lowest BCUT2D eigenvalue weighted by molar-refractivity contribution is 0.178. The van der Waals surface area contributed by atoms with Crippen molar-refractivity contribution in [2.75, 3.05) is 45.2 Å². The van der Waals surface area contributed by atoms with Gasteiger partial charge in [0.15, 0.2) is 0 Å². The minimum absolute atomic E-state index is 0.441. The summed E-state index contributed by atoms with van der Waals surface area (Å²) in [5.41, 5.74) is 1.10. The molecule has 0 amide bonds. The Morgan fingerprint density at radius 1 is 1.43 bits per heavy atom. The second-order valence-corrected chi connectivity index (χ2v) is 6.17. The van der Waals surface area contributed by atoms with Crippen LogP contribution in [0.3, 0.4) is 0 Å². The maximum absolute atomic E-state index is 5.11. The Balaban J connectivity index is 1.73. The number of anilines is 1. The van der Waals surface area contributed by atoms with Gasteiger partial charge in [0.25, 0.3) is 0 Å². The van der Waals surface area contributed by atoms with E-state index in [-0.39, 0.29) is 0 Å². The van der Waals surface area contributed by atoms with Crippen molar-refractivity contribution < 1.29 is 4.74 Å². The first kappa shape index (κ1) is 16.2. The predicted octanol–water partition coefficient (Wildman–Crippen LogP) is 2.37. The maximum Gasteiger partial charge on any atom is 0.129 e. The van der Waals surface area contributed by atoms with E-state index in [2.05, 4.69) is 40.1 Å². The van der Waals surface area contributed by atoms with E-state index in [9.17, 15) is 0 Å². The third-order valence-electron chi connectivity index (χ3n) is 4.04. The molecule has 1 saturated heterocycles. The van der Waals surface area contributed by atoms with Crippen LogP contribution in [0.5, 0.6) is 0 Å². The molecule has 5 nitrogen and oxygen atoms in total. The van der Waals surface area contributed by atoms with E-state index in [1.807, 2.05) is 0 Å². The summed E-state index contributed by atoms with van der Waals surface area (Å²) in [7, 11) is 1.77. The van der Waals surface area contributed by atoms with Crippen molar-refractivity contribution in [1.29, 1.82) is 0 Å². The van der Waals surface area contributed by atoms with Crippen molar-refractivity contribution in [3.63, 3.8) is 0 Å². The summed E-state index contributed by atoms with van der Waals surface area (Å²) in [5.74, 6) is 2.10. The SMILES string of the molecule is COCCCN1CCC(CNc2cc(C(C)C)ncn2)C1. The maximum atomic E-state index is 5.11. The van der Waals surface area contributed by atoms with Crippen LogP contribution in [0.15, 0.2) is 12.4 Å². The van der Waals surface area contributed by atoms with Gasteiger partial charge in [-0.25, -0.2) is 9.97 Å². The molecule has 1 atom stereocenters. The summed E-state index contributed by atoms with van der Waals surface area (Å²) in [6, 6.07) is 2.07. The molecule has 1 unspecified atom stereocenters. The molecule has 2 heterocycles. The topological polar surface area (TPSA) is 50.3 Å². The van der Waals surface area contributed by atoms with E-state index < -0.39 is 0 Å². The summed E-state index contributed by atoms with van der Waals surface area (Å²) in [4.78, 5) is 11.1. The van der Waals surface area contributed by atoms with Crippen LogP contribution < -0.4 is 5.32 Å². The molecule has 0 bridgehead atoms. The van der Waals surface area contributed by atoms with Crippen LogP contribution in [0, 0.1) is 5.92 Å². The zero-order valence-corrected chi connectivity index (χ0v) is 13.5. The molecule has 0 aromatic carbocycles. The van der Waals surface area contributed by atoms with Gasteiger partial charge in [0, 0.05) is 45.1 Å². The van der Waals surface area contributed by atoms with Crippen LogP contribution in [0.4, 0.5) is 5.82 Å². The summed E-state index contributed by atoms with van der Waals surface area (Å²) < 4.78 is 5.11. The predicted molar refractivity (Wildman–Crippen MR) is 85.7 cm³/mol. The van der Waals surface area contributed by atoms with Gasteiger partial charge in [0.1, 0.15) is 12.1 Å². The minimum atomic E-state index is 0.441. The third-order valence-corrected chi connectivity index (χ3v) is 4.04. The number of hydrogen-bond acceptors (Lipinski definition) is 5. The van der Waals surface area contributed by atoms with Crippen molar-refractivity contribution in [3.05, 3.63) is 18.1 Å². The van der Waals surface area contributed by atoms with Crippen molar-refractivity contribution in [1.82, 2.24) is 14.9 Å². The standard InChI is InChI=1S/C16H28N4O/c1-13(2)15-9-16(19-12-18-15)17-10-14-5-7-20(11-14)6-4-8-21-3/h9,12-14H,4-8,10-11H2,1-3H3,(H,17,18,19). The molecule has 1 aromatic rings. The Hall–Kier alpha value is -1.20. The molecular weight excluding hydrogens is 264 g/mol. The lowest BCUT2D eigenvalue weighted by atomic mass is 10.1. The molecule has 2 rings (SSSR count). The number of hydrogen-bond donors (Lipinski definition) is 1. The van der Waals surface area contributed by atoms with Gasteiger partial charge in [-0.1, -0.05) is 13.8 Å². The van der Waals surface area contributed by atoms with E-state index in [1.54, 1.807) is 13.4 Å². The fourth-order valence-electron chi connectivity index (χ4n) is 2.75. The number of nitrogens with zero attached hydrogens (tertiary/aromatic N) is 3. The van der Waals surface area contributed by atoms with E-state index in [1.165, 1.54) is 19.5 Å². The Bertz CT molecular complexity index is 424. The zero-order valence-electron chi connectivity index (χ0n) is 13.5. The van der Waals surface area contributed by atoms with Crippen LogP contribution >= 0.6 is 0 Å². The van der Waals surface area contributed by atoms with Crippen LogP contribution in [0.25, 0.3) is 0 Å². The summed E-state index contributed by atoms with van der Waals surface area (Å²) in [5, 5.41) is 3.47. The summed E-state index contributed by atoms with van der Waals surface area (Å²) in [6.45, 7) is 9.70. The fourth-order valence-corrected chi connectivity index (χ4v) is 2.75. The highest BCUT2D eigenvalue weighted by Crippen LogP contribution is 2.18. The van der Waals surface area contributed by atoms with E-state index in [4.69, 9.17) is 4.74 Å². The highest BCUT2D eigenvalue weighted by atomic mass is 16.5. The van der Waals surface area contributed by atoms with Gasteiger partial charge in [-0.05, 0) is 31.2 Å². The smallest absolute Gasteiger partial charge is 0.129 e. The molecule has 1 fully saturated rings. The molecule has 1 aliphatic rings. The molecule has 0 saturated carbocycles. The van der Waals surface area contributed by atoms with Crippen molar-refractivity contribution in [3.8, 4) is 0 Å². The Labute approximate surface area is 128 Å². The first-order valence-electron chi connectivity index (χ1n) is 7.96. The highest BCUT2D eigenvalue weighted by Gasteiger charge is 2.21. The van der Waals surface area contributed by atoms with Crippen molar-refractivity contribution in [2.24, 2.45) is 5.92 Å².